The van der Waals surface area contributed by atoms with E-state index < -0.39 is 0 Å². The molecule has 2 aromatic rings. The number of aryl methyl sites for hydroxylation is 1. The number of likely N-dealkylation sites (tertiary alicyclic amines) is 1. The maximum absolute atomic E-state index is 12.0. The van der Waals surface area contributed by atoms with Crippen molar-refractivity contribution in [3.05, 3.63) is 35.7 Å². The Kier molecular flexibility index (Phi) is 5.25. The normalized spacial score (nSPS) is 18.5. The summed E-state index contributed by atoms with van der Waals surface area (Å²) in [5.74, 6) is 1.42. The number of nitrogens with one attached hydrogen (secondary N) is 1. The van der Waals surface area contributed by atoms with E-state index in [1.165, 1.54) is 5.56 Å². The van der Waals surface area contributed by atoms with Gasteiger partial charge in [0.15, 0.2) is 0 Å². The summed E-state index contributed by atoms with van der Waals surface area (Å²) < 4.78 is 5.40. The quantitative estimate of drug-likeness (QED) is 0.912. The Morgan fingerprint density at radius 1 is 1.46 bits per heavy atom. The molecule has 1 aliphatic rings. The maximum Gasteiger partial charge on any atom is 0.241 e. The molecule has 1 amide bonds. The molecular weight excluding hydrogens is 304 g/mol. The van der Waals surface area contributed by atoms with Crippen molar-refractivity contribution in [3.63, 3.8) is 0 Å². The van der Waals surface area contributed by atoms with Crippen LogP contribution in [0.25, 0.3) is 11.4 Å². The van der Waals surface area contributed by atoms with Crippen LogP contribution < -0.4 is 5.32 Å². The third-order valence-corrected chi connectivity index (χ3v) is 4.33. The van der Waals surface area contributed by atoms with Crippen molar-refractivity contribution >= 4 is 5.91 Å². The molecule has 1 fully saturated rings. The Balaban J connectivity index is 1.63. The van der Waals surface area contributed by atoms with E-state index in [1.807, 2.05) is 38.1 Å². The Morgan fingerprint density at radius 3 is 3.12 bits per heavy atom. The smallest absolute Gasteiger partial charge is 0.241 e. The topological polar surface area (TPSA) is 71.3 Å². The summed E-state index contributed by atoms with van der Waals surface area (Å²) in [5.41, 5.74) is 2.13. The number of carbonyl (C=O) groups excluding carboxylic acids is 1. The molecule has 128 valence electrons. The minimum atomic E-state index is 0.0536. The number of carbonyl (C=O) groups is 1. The summed E-state index contributed by atoms with van der Waals surface area (Å²) >= 11 is 0. The fraction of sp³-hybridized carbons (Fsp3) is 0.500. The van der Waals surface area contributed by atoms with Gasteiger partial charge in [-0.1, -0.05) is 28.9 Å². The summed E-state index contributed by atoms with van der Waals surface area (Å²) in [7, 11) is 0. The SMILES string of the molecule is CCNC(=O)C1CCCN(Cc2nc(-c3cccc(C)c3)no2)C1. The van der Waals surface area contributed by atoms with Crippen molar-refractivity contribution in [3.8, 4) is 11.4 Å². The fourth-order valence-corrected chi connectivity index (χ4v) is 3.14. The van der Waals surface area contributed by atoms with Gasteiger partial charge in [-0.25, -0.2) is 0 Å². The first kappa shape index (κ1) is 16.6. The highest BCUT2D eigenvalue weighted by Crippen LogP contribution is 2.20. The van der Waals surface area contributed by atoms with Gasteiger partial charge in [0.1, 0.15) is 0 Å². The van der Waals surface area contributed by atoms with Crippen LogP contribution in [0.3, 0.4) is 0 Å². The Morgan fingerprint density at radius 2 is 2.33 bits per heavy atom. The van der Waals surface area contributed by atoms with Crippen molar-refractivity contribution in [2.75, 3.05) is 19.6 Å². The van der Waals surface area contributed by atoms with Crippen molar-refractivity contribution < 1.29 is 9.32 Å². The van der Waals surface area contributed by atoms with Crippen LogP contribution in [0.15, 0.2) is 28.8 Å². The molecule has 6 nitrogen and oxygen atoms in total. The molecule has 0 radical (unpaired) electrons. The van der Waals surface area contributed by atoms with Gasteiger partial charge < -0.3 is 9.84 Å². The van der Waals surface area contributed by atoms with E-state index in [2.05, 4.69) is 20.4 Å². The monoisotopic (exact) mass is 328 g/mol. The molecule has 0 saturated carbocycles. The first-order valence-corrected chi connectivity index (χ1v) is 8.55. The highest BCUT2D eigenvalue weighted by atomic mass is 16.5. The van der Waals surface area contributed by atoms with Crippen LogP contribution in [0.1, 0.15) is 31.2 Å². The summed E-state index contributed by atoms with van der Waals surface area (Å²) in [6, 6.07) is 8.05. The van der Waals surface area contributed by atoms with E-state index in [0.717, 1.165) is 31.5 Å². The van der Waals surface area contributed by atoms with Crippen LogP contribution in [0.5, 0.6) is 0 Å². The van der Waals surface area contributed by atoms with Gasteiger partial charge >= 0.3 is 0 Å². The molecule has 1 atom stereocenters. The first-order chi connectivity index (χ1) is 11.7. The van der Waals surface area contributed by atoms with E-state index in [9.17, 15) is 4.79 Å². The van der Waals surface area contributed by atoms with Gasteiger partial charge in [-0.05, 0) is 39.3 Å². The van der Waals surface area contributed by atoms with Gasteiger partial charge in [-0.3, -0.25) is 9.69 Å². The van der Waals surface area contributed by atoms with Gasteiger partial charge in [-0.2, -0.15) is 4.98 Å². The van der Waals surface area contributed by atoms with Crippen molar-refractivity contribution in [1.82, 2.24) is 20.4 Å². The molecule has 2 heterocycles. The van der Waals surface area contributed by atoms with Gasteiger partial charge in [0, 0.05) is 18.7 Å². The van der Waals surface area contributed by atoms with E-state index in [1.54, 1.807) is 0 Å². The average molecular weight is 328 g/mol. The zero-order valence-electron chi connectivity index (χ0n) is 14.3. The van der Waals surface area contributed by atoms with Crippen LogP contribution in [-0.4, -0.2) is 40.6 Å². The number of piperidine rings is 1. The fourth-order valence-electron chi connectivity index (χ4n) is 3.14. The lowest BCUT2D eigenvalue weighted by Gasteiger charge is -2.30. The number of nitrogens with zero attached hydrogens (tertiary/aromatic N) is 3. The number of amides is 1. The van der Waals surface area contributed by atoms with Crippen LogP contribution in [-0.2, 0) is 11.3 Å². The minimum Gasteiger partial charge on any atom is -0.356 e. The van der Waals surface area contributed by atoms with E-state index in [0.29, 0.717) is 24.8 Å². The van der Waals surface area contributed by atoms with Crippen molar-refractivity contribution in [2.24, 2.45) is 5.92 Å². The van der Waals surface area contributed by atoms with Gasteiger partial charge in [0.05, 0.1) is 12.5 Å². The molecule has 1 saturated heterocycles. The van der Waals surface area contributed by atoms with Crippen molar-refractivity contribution in [1.29, 1.82) is 0 Å². The largest absolute Gasteiger partial charge is 0.356 e. The molecule has 1 aromatic heterocycles. The highest BCUT2D eigenvalue weighted by Gasteiger charge is 2.26. The van der Waals surface area contributed by atoms with Crippen LogP contribution in [0, 0.1) is 12.8 Å². The molecule has 1 aromatic carbocycles. The second-order valence-electron chi connectivity index (χ2n) is 6.35. The molecule has 1 aliphatic heterocycles. The lowest BCUT2D eigenvalue weighted by Crippen LogP contribution is -2.42. The standard InChI is InChI=1S/C18H24N4O2/c1-3-19-18(23)15-8-5-9-22(11-15)12-16-20-17(21-24-16)14-7-4-6-13(2)10-14/h4,6-7,10,15H,3,5,8-9,11-12H2,1-2H3,(H,19,23). The van der Waals surface area contributed by atoms with Gasteiger partial charge in [0.2, 0.25) is 17.6 Å². The summed E-state index contributed by atoms with van der Waals surface area (Å²) in [4.78, 5) is 18.7. The molecule has 0 aliphatic carbocycles. The predicted octanol–water partition coefficient (Wildman–Crippen LogP) is 2.39. The molecular formula is C18H24N4O2. The average Bonchev–Trinajstić information content (AvgIpc) is 3.04. The molecule has 0 spiro atoms. The number of rotatable bonds is 5. The van der Waals surface area contributed by atoms with Gasteiger partial charge in [0.25, 0.3) is 0 Å². The maximum atomic E-state index is 12.0. The Hall–Kier alpha value is -2.21. The third-order valence-electron chi connectivity index (χ3n) is 4.33. The van der Waals surface area contributed by atoms with Crippen LogP contribution in [0.4, 0.5) is 0 Å². The zero-order chi connectivity index (χ0) is 16.9. The van der Waals surface area contributed by atoms with E-state index in [-0.39, 0.29) is 11.8 Å². The predicted molar refractivity (Wildman–Crippen MR) is 91.2 cm³/mol. The number of hydrogen-bond acceptors (Lipinski definition) is 5. The van der Waals surface area contributed by atoms with Crippen LogP contribution >= 0.6 is 0 Å². The first-order valence-electron chi connectivity index (χ1n) is 8.55. The number of hydrogen-bond donors (Lipinski definition) is 1. The van der Waals surface area contributed by atoms with E-state index >= 15 is 0 Å². The summed E-state index contributed by atoms with van der Waals surface area (Å²) in [6.07, 6.45) is 1.96. The van der Waals surface area contributed by atoms with Crippen molar-refractivity contribution in [2.45, 2.75) is 33.2 Å². The molecule has 24 heavy (non-hydrogen) atoms. The molecule has 1 N–H and O–H groups in total. The molecule has 6 heteroatoms. The number of aromatic nitrogens is 2. The Bertz CT molecular complexity index is 698. The highest BCUT2D eigenvalue weighted by molar-refractivity contribution is 5.78. The summed E-state index contributed by atoms with van der Waals surface area (Å²) in [5, 5.41) is 7.00. The molecule has 3 rings (SSSR count). The number of benzene rings is 1. The lowest BCUT2D eigenvalue weighted by molar-refractivity contribution is -0.126. The molecule has 1 unspecified atom stereocenters. The minimum absolute atomic E-state index is 0.0536. The van der Waals surface area contributed by atoms with E-state index in [4.69, 9.17) is 4.52 Å². The molecule has 0 bridgehead atoms. The third kappa shape index (κ3) is 4.00. The van der Waals surface area contributed by atoms with Gasteiger partial charge in [-0.15, -0.1) is 0 Å². The zero-order valence-corrected chi connectivity index (χ0v) is 14.3. The lowest BCUT2D eigenvalue weighted by atomic mass is 9.97. The second kappa shape index (κ2) is 7.57. The Labute approximate surface area is 142 Å². The van der Waals surface area contributed by atoms with Crippen LogP contribution in [0.2, 0.25) is 0 Å². The second-order valence-corrected chi connectivity index (χ2v) is 6.35. The summed E-state index contributed by atoms with van der Waals surface area (Å²) in [6.45, 7) is 6.96.